The van der Waals surface area contributed by atoms with Crippen LogP contribution in [-0.4, -0.2) is 61.0 Å². The van der Waals surface area contributed by atoms with Crippen LogP contribution in [0.1, 0.15) is 10.4 Å². The zero-order chi connectivity index (χ0) is 23.8. The Morgan fingerprint density at radius 2 is 1.82 bits per heavy atom. The van der Waals surface area contributed by atoms with Crippen LogP contribution >= 0.6 is 11.3 Å². The summed E-state index contributed by atoms with van der Waals surface area (Å²) in [5.41, 5.74) is 3.32. The minimum absolute atomic E-state index is 0.271. The van der Waals surface area contributed by atoms with Crippen LogP contribution in [0.3, 0.4) is 0 Å². The standard InChI is InChI=1S/C25H24N4O4S/c1-27(2)17-5-3-16(4-6-17)21-14-22(30)19(24(31)32)15-29(21)18-7-8-20-23(13-18)34-25(26-20)28-9-11-33-12-10-28/h3-8,13-15H,9-12H2,1-2H3,(H,31,32). The third-order valence-corrected chi connectivity index (χ3v) is 6.96. The molecule has 0 bridgehead atoms. The van der Waals surface area contributed by atoms with Gasteiger partial charge in [0.1, 0.15) is 5.56 Å². The smallest absolute Gasteiger partial charge is 0.341 e. The Bertz CT molecular complexity index is 1420. The molecular weight excluding hydrogens is 452 g/mol. The molecule has 0 amide bonds. The van der Waals surface area contributed by atoms with Gasteiger partial charge in [0.05, 0.1) is 29.1 Å². The lowest BCUT2D eigenvalue weighted by molar-refractivity contribution is 0.0695. The zero-order valence-corrected chi connectivity index (χ0v) is 19.7. The number of pyridine rings is 1. The summed E-state index contributed by atoms with van der Waals surface area (Å²) in [7, 11) is 3.92. The molecule has 0 aliphatic carbocycles. The van der Waals surface area contributed by atoms with Crippen LogP contribution in [0.4, 0.5) is 10.8 Å². The van der Waals surface area contributed by atoms with Gasteiger partial charge in [-0.05, 0) is 35.9 Å². The van der Waals surface area contributed by atoms with Crippen LogP contribution in [0, 0.1) is 0 Å². The van der Waals surface area contributed by atoms with E-state index in [2.05, 4.69) is 4.90 Å². The number of benzene rings is 2. The SMILES string of the molecule is CN(C)c1ccc(-c2cc(=O)c(C(=O)O)cn2-c2ccc3nc(N4CCOCC4)sc3c2)cc1. The number of carboxylic acid groups (broad SMARTS) is 1. The molecule has 34 heavy (non-hydrogen) atoms. The number of carbonyl (C=O) groups is 1. The summed E-state index contributed by atoms with van der Waals surface area (Å²) in [6.07, 6.45) is 1.41. The molecular formula is C25H24N4O4S. The highest BCUT2D eigenvalue weighted by atomic mass is 32.1. The van der Waals surface area contributed by atoms with E-state index in [1.54, 1.807) is 15.9 Å². The second-order valence-corrected chi connectivity index (χ2v) is 9.31. The molecule has 4 aromatic rings. The molecule has 0 spiro atoms. The van der Waals surface area contributed by atoms with E-state index in [-0.39, 0.29) is 5.56 Å². The van der Waals surface area contributed by atoms with Gasteiger partial charge < -0.3 is 24.2 Å². The van der Waals surface area contributed by atoms with E-state index in [0.717, 1.165) is 45.4 Å². The predicted molar refractivity (Wildman–Crippen MR) is 135 cm³/mol. The number of morpholine rings is 1. The molecule has 2 aromatic carbocycles. The number of nitrogens with zero attached hydrogens (tertiary/aromatic N) is 4. The van der Waals surface area contributed by atoms with Crippen LogP contribution in [0.15, 0.2) is 59.5 Å². The average molecular weight is 477 g/mol. The summed E-state index contributed by atoms with van der Waals surface area (Å²) in [6, 6.07) is 15.0. The number of fused-ring (bicyclic) bond motifs is 1. The predicted octanol–water partition coefficient (Wildman–Crippen LogP) is 3.72. The van der Waals surface area contributed by atoms with Crippen molar-refractivity contribution in [2.24, 2.45) is 0 Å². The lowest BCUT2D eigenvalue weighted by atomic mass is 10.1. The van der Waals surface area contributed by atoms with Crippen molar-refractivity contribution in [3.8, 4) is 16.9 Å². The van der Waals surface area contributed by atoms with Gasteiger partial charge in [-0.3, -0.25) is 4.79 Å². The molecule has 0 saturated carbocycles. The fourth-order valence-corrected chi connectivity index (χ4v) is 5.05. The molecule has 1 aliphatic heterocycles. The van der Waals surface area contributed by atoms with Crippen LogP contribution in [-0.2, 0) is 4.74 Å². The first-order chi connectivity index (χ1) is 16.4. The lowest BCUT2D eigenvalue weighted by Gasteiger charge is -2.25. The van der Waals surface area contributed by atoms with E-state index in [9.17, 15) is 14.7 Å². The third kappa shape index (κ3) is 4.15. The maximum atomic E-state index is 12.6. The van der Waals surface area contributed by atoms with Crippen molar-refractivity contribution in [2.75, 3.05) is 50.2 Å². The first kappa shape index (κ1) is 22.1. The van der Waals surface area contributed by atoms with Crippen molar-refractivity contribution in [3.05, 3.63) is 70.5 Å². The van der Waals surface area contributed by atoms with E-state index in [4.69, 9.17) is 9.72 Å². The third-order valence-electron chi connectivity index (χ3n) is 5.88. The van der Waals surface area contributed by atoms with E-state index < -0.39 is 11.4 Å². The van der Waals surface area contributed by atoms with Crippen molar-refractivity contribution in [1.29, 1.82) is 0 Å². The topological polar surface area (TPSA) is 87.9 Å². The maximum Gasteiger partial charge on any atom is 0.341 e. The first-order valence-electron chi connectivity index (χ1n) is 10.9. The van der Waals surface area contributed by atoms with E-state index in [1.807, 2.05) is 61.5 Å². The average Bonchev–Trinajstić information content (AvgIpc) is 3.28. The van der Waals surface area contributed by atoms with Gasteiger partial charge in [0.25, 0.3) is 0 Å². The van der Waals surface area contributed by atoms with E-state index in [1.165, 1.54) is 12.3 Å². The number of rotatable bonds is 5. The number of carboxylic acids is 1. The number of aromatic carboxylic acids is 1. The summed E-state index contributed by atoms with van der Waals surface area (Å²) >= 11 is 1.60. The summed E-state index contributed by atoms with van der Waals surface area (Å²) in [5.74, 6) is -1.25. The summed E-state index contributed by atoms with van der Waals surface area (Å²) in [4.78, 5) is 33.3. The van der Waals surface area contributed by atoms with Crippen LogP contribution < -0.4 is 15.2 Å². The molecule has 0 unspecified atom stereocenters. The van der Waals surface area contributed by atoms with Crippen LogP contribution in [0.25, 0.3) is 27.2 Å². The summed E-state index contributed by atoms with van der Waals surface area (Å²) < 4.78 is 8.20. The van der Waals surface area contributed by atoms with Gasteiger partial charge in [0.15, 0.2) is 10.6 Å². The number of aromatic nitrogens is 2. The van der Waals surface area contributed by atoms with Gasteiger partial charge in [0.2, 0.25) is 0 Å². The second kappa shape index (κ2) is 8.92. The van der Waals surface area contributed by atoms with Gasteiger partial charge in [-0.25, -0.2) is 9.78 Å². The first-order valence-corrected chi connectivity index (χ1v) is 11.7. The van der Waals surface area contributed by atoms with Gasteiger partial charge in [-0.15, -0.1) is 0 Å². The number of ether oxygens (including phenoxy) is 1. The lowest BCUT2D eigenvalue weighted by Crippen LogP contribution is -2.36. The Kier molecular flexibility index (Phi) is 5.80. The largest absolute Gasteiger partial charge is 0.477 e. The monoisotopic (exact) mass is 476 g/mol. The van der Waals surface area contributed by atoms with Crippen molar-refractivity contribution in [2.45, 2.75) is 0 Å². The minimum Gasteiger partial charge on any atom is -0.477 e. The number of anilines is 2. The zero-order valence-electron chi connectivity index (χ0n) is 18.9. The molecule has 0 radical (unpaired) electrons. The fourth-order valence-electron chi connectivity index (χ4n) is 4.00. The molecule has 1 N–H and O–H groups in total. The highest BCUT2D eigenvalue weighted by molar-refractivity contribution is 7.22. The highest BCUT2D eigenvalue weighted by Crippen LogP contribution is 2.32. The van der Waals surface area contributed by atoms with E-state index >= 15 is 0 Å². The van der Waals surface area contributed by atoms with Crippen LogP contribution in [0.2, 0.25) is 0 Å². The summed E-state index contributed by atoms with van der Waals surface area (Å²) in [6.45, 7) is 2.99. The van der Waals surface area contributed by atoms with Crippen LogP contribution in [0.5, 0.6) is 0 Å². The van der Waals surface area contributed by atoms with Gasteiger partial charge in [-0.1, -0.05) is 23.5 Å². The Morgan fingerprint density at radius 3 is 2.50 bits per heavy atom. The molecule has 1 aliphatic rings. The van der Waals surface area contributed by atoms with Gasteiger partial charge in [-0.2, -0.15) is 0 Å². The molecule has 1 saturated heterocycles. The Hall–Kier alpha value is -3.69. The molecule has 5 rings (SSSR count). The Balaban J connectivity index is 1.63. The Morgan fingerprint density at radius 1 is 1.09 bits per heavy atom. The van der Waals surface area contributed by atoms with Crippen molar-refractivity contribution >= 4 is 38.3 Å². The molecule has 1 fully saturated rings. The number of hydrogen-bond acceptors (Lipinski definition) is 7. The molecule has 8 nitrogen and oxygen atoms in total. The second-order valence-electron chi connectivity index (χ2n) is 8.30. The molecule has 9 heteroatoms. The van der Waals surface area contributed by atoms with E-state index in [0.29, 0.717) is 18.9 Å². The molecule has 174 valence electrons. The Labute approximate surface area is 200 Å². The number of hydrogen-bond donors (Lipinski definition) is 1. The number of thiazole rings is 1. The minimum atomic E-state index is -1.25. The van der Waals surface area contributed by atoms with Crippen molar-refractivity contribution < 1.29 is 14.6 Å². The van der Waals surface area contributed by atoms with Crippen molar-refractivity contribution in [1.82, 2.24) is 9.55 Å². The molecule has 2 aromatic heterocycles. The fraction of sp³-hybridized carbons (Fsp3) is 0.240. The van der Waals surface area contributed by atoms with Gasteiger partial charge in [0, 0.05) is 50.8 Å². The highest BCUT2D eigenvalue weighted by Gasteiger charge is 2.18. The maximum absolute atomic E-state index is 12.6. The van der Waals surface area contributed by atoms with Crippen molar-refractivity contribution in [3.63, 3.8) is 0 Å². The normalized spacial score (nSPS) is 13.9. The molecule has 0 atom stereocenters. The quantitative estimate of drug-likeness (QED) is 0.470. The summed E-state index contributed by atoms with van der Waals surface area (Å²) in [5, 5.41) is 10.5. The van der Waals surface area contributed by atoms with Gasteiger partial charge >= 0.3 is 5.97 Å². The molecule has 3 heterocycles.